The van der Waals surface area contributed by atoms with Gasteiger partial charge in [0.05, 0.1) is 17.4 Å². The molecule has 0 radical (unpaired) electrons. The van der Waals surface area contributed by atoms with Gasteiger partial charge in [-0.1, -0.05) is 26.0 Å². The monoisotopic (exact) mass is 383 g/mol. The summed E-state index contributed by atoms with van der Waals surface area (Å²) in [7, 11) is 0. The number of amides is 1. The van der Waals surface area contributed by atoms with Crippen molar-refractivity contribution in [1.29, 1.82) is 0 Å². The molecule has 0 aliphatic heterocycles. The van der Waals surface area contributed by atoms with Gasteiger partial charge in [0, 0.05) is 5.56 Å². The van der Waals surface area contributed by atoms with Crippen LogP contribution in [-0.2, 0) is 0 Å². The van der Waals surface area contributed by atoms with Crippen molar-refractivity contribution in [2.24, 2.45) is 0 Å². The summed E-state index contributed by atoms with van der Waals surface area (Å²) in [6.45, 7) is 5.01. The van der Waals surface area contributed by atoms with Gasteiger partial charge in [0.25, 0.3) is 11.5 Å². The summed E-state index contributed by atoms with van der Waals surface area (Å²) in [5.41, 5.74) is 1.94. The number of rotatable bonds is 6. The molecule has 27 heavy (non-hydrogen) atoms. The van der Waals surface area contributed by atoms with Crippen LogP contribution < -0.4 is 15.6 Å². The van der Waals surface area contributed by atoms with Crippen LogP contribution in [0.25, 0.3) is 10.9 Å². The predicted molar refractivity (Wildman–Crippen MR) is 108 cm³/mol. The molecular weight excluding hydrogens is 362 g/mol. The quantitative estimate of drug-likeness (QED) is 0.449. The lowest BCUT2D eigenvalue weighted by molar-refractivity contribution is 0.0947. The van der Waals surface area contributed by atoms with E-state index in [1.54, 1.807) is 18.2 Å². The zero-order valence-corrected chi connectivity index (χ0v) is 16.0. The zero-order valence-electron chi connectivity index (χ0n) is 15.2. The molecule has 2 aromatic carbocycles. The maximum atomic E-state index is 12.3. The molecule has 3 rings (SSSR count). The third-order valence-corrected chi connectivity index (χ3v) is 4.41. The highest BCUT2D eigenvalue weighted by molar-refractivity contribution is 7.71. The molecule has 7 heteroatoms. The van der Waals surface area contributed by atoms with Crippen LogP contribution in [0.4, 0.5) is 0 Å². The van der Waals surface area contributed by atoms with Crippen molar-refractivity contribution in [3.63, 3.8) is 0 Å². The first-order valence-corrected chi connectivity index (χ1v) is 9.12. The number of nitrogens with one attached hydrogen (secondary N) is 3. The number of benzene rings is 2. The van der Waals surface area contributed by atoms with Crippen LogP contribution in [0.15, 0.2) is 47.3 Å². The highest BCUT2D eigenvalue weighted by Crippen LogP contribution is 2.18. The van der Waals surface area contributed by atoms with Crippen LogP contribution in [0, 0.1) is 4.77 Å². The smallest absolute Gasteiger partial charge is 0.259 e. The van der Waals surface area contributed by atoms with Crippen molar-refractivity contribution >= 4 is 29.0 Å². The first-order valence-electron chi connectivity index (χ1n) is 8.71. The predicted octanol–water partition coefficient (Wildman–Crippen LogP) is 3.52. The van der Waals surface area contributed by atoms with E-state index in [4.69, 9.17) is 17.0 Å². The lowest BCUT2D eigenvalue weighted by atomic mass is 10.0. The van der Waals surface area contributed by atoms with E-state index in [9.17, 15) is 9.59 Å². The molecule has 0 aliphatic rings. The van der Waals surface area contributed by atoms with Gasteiger partial charge in [0.1, 0.15) is 12.4 Å². The average Bonchev–Trinajstić information content (AvgIpc) is 2.64. The van der Waals surface area contributed by atoms with Crippen LogP contribution in [0.5, 0.6) is 5.75 Å². The minimum Gasteiger partial charge on any atom is -0.492 e. The average molecular weight is 383 g/mol. The first-order chi connectivity index (χ1) is 12.9. The Balaban J connectivity index is 1.57. The summed E-state index contributed by atoms with van der Waals surface area (Å²) >= 11 is 4.96. The van der Waals surface area contributed by atoms with Gasteiger partial charge in [-0.05, 0) is 54.0 Å². The van der Waals surface area contributed by atoms with E-state index in [0.717, 1.165) is 5.75 Å². The van der Waals surface area contributed by atoms with Gasteiger partial charge in [-0.25, -0.2) is 0 Å². The van der Waals surface area contributed by atoms with E-state index in [1.807, 2.05) is 24.3 Å². The number of hydrogen-bond donors (Lipinski definition) is 3. The van der Waals surface area contributed by atoms with E-state index in [1.165, 1.54) is 5.56 Å². The van der Waals surface area contributed by atoms with Gasteiger partial charge in [-0.2, -0.15) is 0 Å². The molecule has 0 unspecified atom stereocenters. The Morgan fingerprint density at radius 1 is 1.15 bits per heavy atom. The minimum atomic E-state index is -0.280. The van der Waals surface area contributed by atoms with E-state index >= 15 is 0 Å². The van der Waals surface area contributed by atoms with Crippen molar-refractivity contribution in [2.45, 2.75) is 19.8 Å². The Hall–Kier alpha value is -2.93. The number of ether oxygens (including phenoxy) is 1. The molecule has 0 fully saturated rings. The first kappa shape index (κ1) is 18.8. The number of aromatic nitrogens is 2. The third-order valence-electron chi connectivity index (χ3n) is 4.20. The molecule has 0 bridgehead atoms. The second-order valence-electron chi connectivity index (χ2n) is 6.50. The number of fused-ring (bicyclic) bond motifs is 1. The normalized spacial score (nSPS) is 10.9. The standard InChI is InChI=1S/C20H21N3O3S/c1-12(2)13-3-6-15(7-4-13)26-10-9-21-18(24)14-5-8-16-17(11-14)22-20(27)23-19(16)25/h3-8,11-12H,9-10H2,1-2H3,(H,21,24)(H2,22,23,25,27). The zero-order chi connectivity index (χ0) is 19.4. The second kappa shape index (κ2) is 8.18. The number of H-pyrrole nitrogens is 2. The van der Waals surface area contributed by atoms with Crippen molar-refractivity contribution in [3.05, 3.63) is 68.7 Å². The Kier molecular flexibility index (Phi) is 5.71. The topological polar surface area (TPSA) is 87.0 Å². The van der Waals surface area contributed by atoms with Crippen LogP contribution in [0.3, 0.4) is 0 Å². The molecule has 3 aromatic rings. The minimum absolute atomic E-state index is 0.224. The molecule has 0 saturated heterocycles. The van der Waals surface area contributed by atoms with E-state index < -0.39 is 0 Å². The van der Waals surface area contributed by atoms with Gasteiger partial charge in [-0.3, -0.25) is 14.6 Å². The molecule has 0 atom stereocenters. The summed E-state index contributed by atoms with van der Waals surface area (Å²) in [5.74, 6) is 1.01. The van der Waals surface area contributed by atoms with Crippen LogP contribution in [0.1, 0.15) is 35.7 Å². The fourth-order valence-corrected chi connectivity index (χ4v) is 2.90. The Morgan fingerprint density at radius 2 is 1.89 bits per heavy atom. The SMILES string of the molecule is CC(C)c1ccc(OCCNC(=O)c2ccc3c(=O)[nH]c(=S)[nH]c3c2)cc1. The molecule has 1 aromatic heterocycles. The number of aromatic amines is 2. The van der Waals surface area contributed by atoms with Crippen LogP contribution in [0.2, 0.25) is 0 Å². The van der Waals surface area contributed by atoms with Crippen LogP contribution in [-0.4, -0.2) is 29.0 Å². The van der Waals surface area contributed by atoms with Crippen molar-refractivity contribution < 1.29 is 9.53 Å². The number of carbonyl (C=O) groups excluding carboxylic acids is 1. The highest BCUT2D eigenvalue weighted by Gasteiger charge is 2.08. The van der Waals surface area contributed by atoms with Gasteiger partial charge in [0.15, 0.2) is 4.77 Å². The van der Waals surface area contributed by atoms with E-state index in [0.29, 0.717) is 35.5 Å². The Labute approximate surface area is 161 Å². The molecule has 6 nitrogen and oxygen atoms in total. The summed E-state index contributed by atoms with van der Waals surface area (Å²) in [5, 5.41) is 3.26. The molecule has 1 amide bonds. The van der Waals surface area contributed by atoms with E-state index in [-0.39, 0.29) is 16.2 Å². The van der Waals surface area contributed by atoms with Gasteiger partial charge in [-0.15, -0.1) is 0 Å². The largest absolute Gasteiger partial charge is 0.492 e. The summed E-state index contributed by atoms with van der Waals surface area (Å²) in [4.78, 5) is 29.5. The van der Waals surface area contributed by atoms with Crippen molar-refractivity contribution in [2.75, 3.05) is 13.2 Å². The lowest BCUT2D eigenvalue weighted by Crippen LogP contribution is -2.28. The summed E-state index contributed by atoms with van der Waals surface area (Å²) in [6, 6.07) is 12.8. The molecule has 0 aliphatic carbocycles. The fourth-order valence-electron chi connectivity index (χ4n) is 2.70. The lowest BCUT2D eigenvalue weighted by Gasteiger charge is -2.10. The molecule has 1 heterocycles. The van der Waals surface area contributed by atoms with Gasteiger partial charge in [0.2, 0.25) is 0 Å². The molecule has 0 saturated carbocycles. The maximum Gasteiger partial charge on any atom is 0.259 e. The van der Waals surface area contributed by atoms with Gasteiger partial charge < -0.3 is 15.0 Å². The van der Waals surface area contributed by atoms with Gasteiger partial charge >= 0.3 is 0 Å². The van der Waals surface area contributed by atoms with Crippen LogP contribution >= 0.6 is 12.2 Å². The molecule has 3 N–H and O–H groups in total. The fraction of sp³-hybridized carbons (Fsp3) is 0.250. The summed E-state index contributed by atoms with van der Waals surface area (Å²) < 4.78 is 5.87. The Morgan fingerprint density at radius 3 is 2.59 bits per heavy atom. The number of hydrogen-bond acceptors (Lipinski definition) is 4. The maximum absolute atomic E-state index is 12.3. The Bertz CT molecular complexity index is 1070. The second-order valence-corrected chi connectivity index (χ2v) is 6.90. The van der Waals surface area contributed by atoms with E-state index in [2.05, 4.69) is 29.1 Å². The molecule has 140 valence electrons. The molecule has 0 spiro atoms. The summed E-state index contributed by atoms with van der Waals surface area (Å²) in [6.07, 6.45) is 0. The third kappa shape index (κ3) is 4.62. The van der Waals surface area contributed by atoms with Crippen molar-refractivity contribution in [1.82, 2.24) is 15.3 Å². The highest BCUT2D eigenvalue weighted by atomic mass is 32.1. The molecular formula is C20H21N3O3S. The van der Waals surface area contributed by atoms with Crippen molar-refractivity contribution in [3.8, 4) is 5.75 Å². The number of carbonyl (C=O) groups is 1.